The summed E-state index contributed by atoms with van der Waals surface area (Å²) in [6.07, 6.45) is 2.00. The van der Waals surface area contributed by atoms with Gasteiger partial charge in [0, 0.05) is 11.7 Å². The molecule has 90 valence electrons. The lowest BCUT2D eigenvalue weighted by Gasteiger charge is -2.27. The van der Waals surface area contributed by atoms with Gasteiger partial charge in [-0.3, -0.25) is 4.79 Å². The highest BCUT2D eigenvalue weighted by molar-refractivity contribution is 8.00. The third-order valence-corrected chi connectivity index (χ3v) is 4.74. The van der Waals surface area contributed by atoms with E-state index in [4.69, 9.17) is 4.74 Å². The normalized spacial score (nSPS) is 28.1. The molecule has 1 aromatic carbocycles. The van der Waals surface area contributed by atoms with Gasteiger partial charge in [0.15, 0.2) is 0 Å². The molecule has 1 aromatic rings. The van der Waals surface area contributed by atoms with Crippen LogP contribution in [0.4, 0.5) is 0 Å². The van der Waals surface area contributed by atoms with Crippen molar-refractivity contribution in [3.05, 3.63) is 35.4 Å². The van der Waals surface area contributed by atoms with Gasteiger partial charge in [-0.05, 0) is 24.0 Å². The molecule has 2 aliphatic rings. The van der Waals surface area contributed by atoms with Crippen molar-refractivity contribution < 1.29 is 9.53 Å². The van der Waals surface area contributed by atoms with Gasteiger partial charge in [-0.15, -0.1) is 0 Å². The van der Waals surface area contributed by atoms with Crippen molar-refractivity contribution >= 4 is 17.5 Å². The molecule has 17 heavy (non-hydrogen) atoms. The van der Waals surface area contributed by atoms with Crippen LogP contribution in [0.3, 0.4) is 0 Å². The van der Waals surface area contributed by atoms with E-state index in [0.717, 1.165) is 25.2 Å². The van der Waals surface area contributed by atoms with Gasteiger partial charge in [-0.1, -0.05) is 24.3 Å². The van der Waals surface area contributed by atoms with Gasteiger partial charge in [0.25, 0.3) is 0 Å². The summed E-state index contributed by atoms with van der Waals surface area (Å²) in [6, 6.07) is 8.46. The first-order valence-corrected chi connectivity index (χ1v) is 7.30. The Morgan fingerprint density at radius 2 is 2.24 bits per heavy atom. The maximum absolute atomic E-state index is 11.7. The highest BCUT2D eigenvalue weighted by Gasteiger charge is 2.30. The summed E-state index contributed by atoms with van der Waals surface area (Å²) >= 11 is 1.76. The van der Waals surface area contributed by atoms with E-state index in [1.807, 2.05) is 0 Å². The molecule has 3 rings (SSSR count). The molecule has 0 spiro atoms. The van der Waals surface area contributed by atoms with Crippen LogP contribution in [0.25, 0.3) is 0 Å². The second-order valence-electron chi connectivity index (χ2n) is 4.72. The van der Waals surface area contributed by atoms with E-state index in [-0.39, 0.29) is 12.0 Å². The predicted octanol–water partition coefficient (Wildman–Crippen LogP) is 2.62. The van der Waals surface area contributed by atoms with Crippen molar-refractivity contribution in [2.45, 2.75) is 18.9 Å². The van der Waals surface area contributed by atoms with E-state index in [1.165, 1.54) is 11.1 Å². The second-order valence-corrected chi connectivity index (χ2v) is 5.75. The standard InChI is InChI=1S/C14H16O2S/c15-13-9-17-8-11(13)7-14-12-4-2-1-3-10(12)5-6-16-14/h1-4,11,14H,5-9H2. The Labute approximate surface area is 106 Å². The maximum atomic E-state index is 11.7. The molecule has 1 fully saturated rings. The van der Waals surface area contributed by atoms with Crippen LogP contribution in [0.15, 0.2) is 24.3 Å². The lowest BCUT2D eigenvalue weighted by Crippen LogP contribution is -2.22. The maximum Gasteiger partial charge on any atom is 0.146 e. The van der Waals surface area contributed by atoms with Crippen molar-refractivity contribution in [3.8, 4) is 0 Å². The van der Waals surface area contributed by atoms with E-state index in [1.54, 1.807) is 11.8 Å². The van der Waals surface area contributed by atoms with Crippen LogP contribution in [-0.4, -0.2) is 23.9 Å². The number of fused-ring (bicyclic) bond motifs is 1. The average Bonchev–Trinajstić information content (AvgIpc) is 2.76. The number of thioether (sulfide) groups is 1. The minimum atomic E-state index is 0.132. The predicted molar refractivity (Wildman–Crippen MR) is 69.3 cm³/mol. The molecule has 0 aromatic heterocycles. The summed E-state index contributed by atoms with van der Waals surface area (Å²) < 4.78 is 5.85. The van der Waals surface area contributed by atoms with Crippen molar-refractivity contribution in [3.63, 3.8) is 0 Å². The summed E-state index contributed by atoms with van der Waals surface area (Å²) in [5.41, 5.74) is 2.69. The number of hydrogen-bond donors (Lipinski definition) is 0. The zero-order valence-corrected chi connectivity index (χ0v) is 10.5. The van der Waals surface area contributed by atoms with E-state index < -0.39 is 0 Å². The van der Waals surface area contributed by atoms with Crippen molar-refractivity contribution in [1.29, 1.82) is 0 Å². The molecule has 2 unspecified atom stereocenters. The molecule has 1 saturated heterocycles. The van der Waals surface area contributed by atoms with Gasteiger partial charge in [0.1, 0.15) is 5.78 Å². The molecule has 2 atom stereocenters. The number of ether oxygens (including phenoxy) is 1. The number of carbonyl (C=O) groups is 1. The number of hydrogen-bond acceptors (Lipinski definition) is 3. The molecule has 0 N–H and O–H groups in total. The Kier molecular flexibility index (Phi) is 3.21. The van der Waals surface area contributed by atoms with Crippen LogP contribution < -0.4 is 0 Å². The molecular formula is C14H16O2S. The van der Waals surface area contributed by atoms with E-state index in [9.17, 15) is 4.79 Å². The molecule has 0 saturated carbocycles. The van der Waals surface area contributed by atoms with Crippen molar-refractivity contribution in [2.75, 3.05) is 18.1 Å². The minimum Gasteiger partial charge on any atom is -0.373 e. The molecule has 0 amide bonds. The summed E-state index contributed by atoms with van der Waals surface area (Å²) in [6.45, 7) is 0.787. The Morgan fingerprint density at radius 1 is 1.35 bits per heavy atom. The summed E-state index contributed by atoms with van der Waals surface area (Å²) in [5, 5.41) is 0. The first-order chi connectivity index (χ1) is 8.34. The van der Waals surface area contributed by atoms with Crippen LogP contribution in [0.2, 0.25) is 0 Å². The zero-order chi connectivity index (χ0) is 11.7. The van der Waals surface area contributed by atoms with Gasteiger partial charge < -0.3 is 4.74 Å². The van der Waals surface area contributed by atoms with Crippen LogP contribution in [0.5, 0.6) is 0 Å². The third kappa shape index (κ3) is 2.26. The quantitative estimate of drug-likeness (QED) is 0.805. The highest BCUT2D eigenvalue weighted by Crippen LogP contribution is 2.35. The first kappa shape index (κ1) is 11.3. The molecule has 2 nitrogen and oxygen atoms in total. The summed E-state index contributed by atoms with van der Waals surface area (Å²) in [5.74, 6) is 2.28. The van der Waals surface area contributed by atoms with Gasteiger partial charge in [-0.25, -0.2) is 0 Å². The molecule has 3 heteroatoms. The topological polar surface area (TPSA) is 26.3 Å². The summed E-state index contributed by atoms with van der Waals surface area (Å²) in [4.78, 5) is 11.7. The fraction of sp³-hybridized carbons (Fsp3) is 0.500. The Morgan fingerprint density at radius 3 is 3.06 bits per heavy atom. The smallest absolute Gasteiger partial charge is 0.146 e. The van der Waals surface area contributed by atoms with Crippen LogP contribution >= 0.6 is 11.8 Å². The lowest BCUT2D eigenvalue weighted by molar-refractivity contribution is -0.120. The Hall–Kier alpha value is -0.800. The molecule has 2 heterocycles. The largest absolute Gasteiger partial charge is 0.373 e. The molecular weight excluding hydrogens is 232 g/mol. The van der Waals surface area contributed by atoms with E-state index in [2.05, 4.69) is 24.3 Å². The monoisotopic (exact) mass is 248 g/mol. The van der Waals surface area contributed by atoms with Crippen LogP contribution in [0, 0.1) is 5.92 Å². The fourth-order valence-electron chi connectivity index (χ4n) is 2.64. The minimum absolute atomic E-state index is 0.132. The Bertz CT molecular complexity index is 430. The lowest BCUT2D eigenvalue weighted by atomic mass is 9.90. The van der Waals surface area contributed by atoms with Gasteiger partial charge in [0.05, 0.1) is 18.5 Å². The number of benzene rings is 1. The van der Waals surface area contributed by atoms with Gasteiger partial charge in [-0.2, -0.15) is 11.8 Å². The average molecular weight is 248 g/mol. The second kappa shape index (κ2) is 4.83. The SMILES string of the molecule is O=C1CSCC1CC1OCCc2ccccc21. The number of carbonyl (C=O) groups excluding carboxylic acids is 1. The third-order valence-electron chi connectivity index (χ3n) is 3.61. The molecule has 0 aliphatic carbocycles. The number of rotatable bonds is 2. The van der Waals surface area contributed by atoms with Crippen molar-refractivity contribution in [1.82, 2.24) is 0 Å². The van der Waals surface area contributed by atoms with E-state index >= 15 is 0 Å². The molecule has 0 bridgehead atoms. The van der Waals surface area contributed by atoms with Crippen LogP contribution in [0.1, 0.15) is 23.7 Å². The van der Waals surface area contributed by atoms with Gasteiger partial charge >= 0.3 is 0 Å². The number of ketones is 1. The van der Waals surface area contributed by atoms with E-state index in [0.29, 0.717) is 11.5 Å². The van der Waals surface area contributed by atoms with Crippen molar-refractivity contribution in [2.24, 2.45) is 5.92 Å². The molecule has 2 aliphatic heterocycles. The first-order valence-electron chi connectivity index (χ1n) is 6.14. The fourth-order valence-corrected chi connectivity index (χ4v) is 3.80. The van der Waals surface area contributed by atoms with Crippen LogP contribution in [-0.2, 0) is 16.0 Å². The van der Waals surface area contributed by atoms with Gasteiger partial charge in [0.2, 0.25) is 0 Å². The highest BCUT2D eigenvalue weighted by atomic mass is 32.2. The number of Topliss-reactive ketones (excluding diaryl/α,β-unsaturated/α-hetero) is 1. The molecule has 0 radical (unpaired) electrons. The Balaban J connectivity index is 1.78. The summed E-state index contributed by atoms with van der Waals surface area (Å²) in [7, 11) is 0. The zero-order valence-electron chi connectivity index (χ0n) is 9.72.